The predicted molar refractivity (Wildman–Crippen MR) is 136 cm³/mol. The van der Waals surface area contributed by atoms with Gasteiger partial charge in [0.15, 0.2) is 5.69 Å². The lowest BCUT2D eigenvalue weighted by atomic mass is 10.1. The van der Waals surface area contributed by atoms with Gasteiger partial charge in [0, 0.05) is 48.4 Å². The zero-order valence-corrected chi connectivity index (χ0v) is 19.7. The Balaban J connectivity index is 1.58. The molecule has 0 unspecified atom stereocenters. The summed E-state index contributed by atoms with van der Waals surface area (Å²) in [5.41, 5.74) is 4.45. The molecule has 1 amide bonds. The summed E-state index contributed by atoms with van der Waals surface area (Å²) in [4.78, 5) is 23.7. The van der Waals surface area contributed by atoms with E-state index in [-0.39, 0.29) is 11.4 Å². The highest BCUT2D eigenvalue weighted by Crippen LogP contribution is 2.29. The molecule has 5 rings (SSSR count). The van der Waals surface area contributed by atoms with E-state index < -0.39 is 11.7 Å². The summed E-state index contributed by atoms with van der Waals surface area (Å²) >= 11 is 6.15. The van der Waals surface area contributed by atoms with Crippen LogP contribution in [-0.4, -0.2) is 39.8 Å². The highest BCUT2D eigenvalue weighted by atomic mass is 35.5. The SMILES string of the molecule is CN(C)c1ccc(NC(=O)c2cc(-c3ccc4nccnc4c3)n(-c3cc(Cl)ccc3F)n2)cc1. The molecule has 1 N–H and O–H groups in total. The van der Waals surface area contributed by atoms with Gasteiger partial charge in [-0.15, -0.1) is 0 Å². The molecule has 0 aliphatic heterocycles. The molecule has 0 atom stereocenters. The maximum Gasteiger partial charge on any atom is 0.276 e. The summed E-state index contributed by atoms with van der Waals surface area (Å²) in [5, 5.41) is 7.64. The van der Waals surface area contributed by atoms with E-state index >= 15 is 0 Å². The minimum absolute atomic E-state index is 0.121. The van der Waals surface area contributed by atoms with Crippen LogP contribution in [0.5, 0.6) is 0 Å². The molecule has 0 bridgehead atoms. The standard InChI is InChI=1S/C26H20ClFN6O/c1-33(2)19-7-5-18(6-8-19)31-26(35)23-15-24(16-3-10-21-22(13-16)30-12-11-29-21)34(32-23)25-14-17(27)4-9-20(25)28/h3-15H,1-2H3,(H,31,35). The monoisotopic (exact) mass is 486 g/mol. The van der Waals surface area contributed by atoms with Crippen molar-refractivity contribution in [3.63, 3.8) is 0 Å². The first-order chi connectivity index (χ1) is 16.9. The van der Waals surface area contributed by atoms with Gasteiger partial charge < -0.3 is 10.2 Å². The third-order valence-corrected chi connectivity index (χ3v) is 5.72. The number of halogens is 2. The quantitative estimate of drug-likeness (QED) is 0.350. The molecule has 9 heteroatoms. The summed E-state index contributed by atoms with van der Waals surface area (Å²) in [6.07, 6.45) is 3.21. The number of amides is 1. The van der Waals surface area contributed by atoms with Gasteiger partial charge in [-0.1, -0.05) is 17.7 Å². The number of carbonyl (C=O) groups is 1. The second-order valence-electron chi connectivity index (χ2n) is 8.08. The van der Waals surface area contributed by atoms with Crippen molar-refractivity contribution in [3.05, 3.63) is 95.7 Å². The molecule has 0 fully saturated rings. The Morgan fingerprint density at radius 1 is 0.943 bits per heavy atom. The first-order valence-electron chi connectivity index (χ1n) is 10.7. The Labute approximate surface area is 205 Å². The molecule has 0 saturated heterocycles. The lowest BCUT2D eigenvalue weighted by Crippen LogP contribution is -2.14. The van der Waals surface area contributed by atoms with Gasteiger partial charge in [0.2, 0.25) is 0 Å². The van der Waals surface area contributed by atoms with Crippen molar-refractivity contribution >= 4 is 39.9 Å². The largest absolute Gasteiger partial charge is 0.378 e. The molecule has 0 spiro atoms. The molecule has 2 aromatic heterocycles. The Bertz CT molecular complexity index is 1550. The molecule has 2 heterocycles. The van der Waals surface area contributed by atoms with E-state index in [0.717, 1.165) is 11.2 Å². The number of anilines is 2. The highest BCUT2D eigenvalue weighted by molar-refractivity contribution is 6.30. The molecule has 0 aliphatic rings. The van der Waals surface area contributed by atoms with Gasteiger partial charge in [-0.2, -0.15) is 5.10 Å². The number of nitrogens with zero attached hydrogens (tertiary/aromatic N) is 5. The molecule has 0 radical (unpaired) electrons. The minimum Gasteiger partial charge on any atom is -0.378 e. The number of benzene rings is 3. The summed E-state index contributed by atoms with van der Waals surface area (Å²) in [6.45, 7) is 0. The molecular formula is C26H20ClFN6O. The normalized spacial score (nSPS) is 11.0. The van der Waals surface area contributed by atoms with Crippen LogP contribution in [0.2, 0.25) is 5.02 Å². The fourth-order valence-electron chi connectivity index (χ4n) is 3.69. The van der Waals surface area contributed by atoms with Gasteiger partial charge in [0.05, 0.1) is 16.7 Å². The van der Waals surface area contributed by atoms with E-state index in [1.165, 1.54) is 22.9 Å². The van der Waals surface area contributed by atoms with Crippen LogP contribution in [0, 0.1) is 5.82 Å². The number of hydrogen-bond donors (Lipinski definition) is 1. The molecular weight excluding hydrogens is 467 g/mol. The van der Waals surface area contributed by atoms with Gasteiger partial charge in [-0.3, -0.25) is 14.8 Å². The smallest absolute Gasteiger partial charge is 0.276 e. The van der Waals surface area contributed by atoms with Crippen molar-refractivity contribution in [1.82, 2.24) is 19.7 Å². The maximum absolute atomic E-state index is 14.8. The van der Waals surface area contributed by atoms with E-state index in [0.29, 0.717) is 27.5 Å². The number of hydrogen-bond acceptors (Lipinski definition) is 5. The molecule has 5 aromatic rings. The van der Waals surface area contributed by atoms with Crippen LogP contribution in [0.15, 0.2) is 79.1 Å². The molecule has 0 saturated carbocycles. The predicted octanol–water partition coefficient (Wildman–Crippen LogP) is 5.59. The first kappa shape index (κ1) is 22.5. The van der Waals surface area contributed by atoms with Gasteiger partial charge in [0.1, 0.15) is 11.5 Å². The summed E-state index contributed by atoms with van der Waals surface area (Å²) in [7, 11) is 3.88. The Morgan fingerprint density at radius 2 is 1.69 bits per heavy atom. The summed E-state index contributed by atoms with van der Waals surface area (Å²) in [5.74, 6) is -0.948. The van der Waals surface area contributed by atoms with Gasteiger partial charge in [0.25, 0.3) is 5.91 Å². The maximum atomic E-state index is 14.8. The van der Waals surface area contributed by atoms with E-state index in [9.17, 15) is 9.18 Å². The molecule has 35 heavy (non-hydrogen) atoms. The molecule has 174 valence electrons. The third kappa shape index (κ3) is 4.56. The van der Waals surface area contributed by atoms with Crippen molar-refractivity contribution in [2.75, 3.05) is 24.3 Å². The number of aromatic nitrogens is 4. The number of fused-ring (bicyclic) bond motifs is 1. The minimum atomic E-state index is -0.523. The third-order valence-electron chi connectivity index (χ3n) is 5.49. The van der Waals surface area contributed by atoms with Crippen molar-refractivity contribution in [2.24, 2.45) is 0 Å². The molecule has 0 aliphatic carbocycles. The van der Waals surface area contributed by atoms with Crippen LogP contribution in [0.1, 0.15) is 10.5 Å². The van der Waals surface area contributed by atoms with E-state index in [1.54, 1.807) is 18.5 Å². The number of rotatable bonds is 5. The van der Waals surface area contributed by atoms with Crippen molar-refractivity contribution in [2.45, 2.75) is 0 Å². The van der Waals surface area contributed by atoms with Crippen molar-refractivity contribution < 1.29 is 9.18 Å². The number of nitrogens with one attached hydrogen (secondary N) is 1. The lowest BCUT2D eigenvalue weighted by Gasteiger charge is -2.12. The second-order valence-corrected chi connectivity index (χ2v) is 8.51. The van der Waals surface area contributed by atoms with E-state index in [4.69, 9.17) is 11.6 Å². The van der Waals surface area contributed by atoms with Crippen LogP contribution in [-0.2, 0) is 0 Å². The van der Waals surface area contributed by atoms with Crippen LogP contribution in [0.3, 0.4) is 0 Å². The summed E-state index contributed by atoms with van der Waals surface area (Å²) < 4.78 is 16.2. The van der Waals surface area contributed by atoms with Crippen molar-refractivity contribution in [1.29, 1.82) is 0 Å². The van der Waals surface area contributed by atoms with Crippen LogP contribution < -0.4 is 10.2 Å². The topological polar surface area (TPSA) is 75.9 Å². The van der Waals surface area contributed by atoms with Gasteiger partial charge in [-0.05, 0) is 60.7 Å². The van der Waals surface area contributed by atoms with Crippen LogP contribution in [0.25, 0.3) is 28.0 Å². The van der Waals surface area contributed by atoms with Crippen LogP contribution in [0.4, 0.5) is 15.8 Å². The number of carbonyl (C=O) groups excluding carboxylic acids is 1. The zero-order valence-electron chi connectivity index (χ0n) is 18.9. The van der Waals surface area contributed by atoms with E-state index in [2.05, 4.69) is 20.4 Å². The average Bonchev–Trinajstić information content (AvgIpc) is 3.31. The Kier molecular flexibility index (Phi) is 5.88. The average molecular weight is 487 g/mol. The van der Waals surface area contributed by atoms with Gasteiger partial charge in [-0.25, -0.2) is 9.07 Å². The lowest BCUT2D eigenvalue weighted by molar-refractivity contribution is 0.102. The van der Waals surface area contributed by atoms with E-state index in [1.807, 2.05) is 61.5 Å². The second kappa shape index (κ2) is 9.15. The summed E-state index contributed by atoms with van der Waals surface area (Å²) in [6, 6.07) is 18.7. The highest BCUT2D eigenvalue weighted by Gasteiger charge is 2.20. The Morgan fingerprint density at radius 3 is 2.43 bits per heavy atom. The Hall–Kier alpha value is -4.30. The fraction of sp³-hybridized carbons (Fsp3) is 0.0769. The first-order valence-corrected chi connectivity index (χ1v) is 11.1. The van der Waals surface area contributed by atoms with Crippen LogP contribution >= 0.6 is 11.6 Å². The van der Waals surface area contributed by atoms with Crippen molar-refractivity contribution in [3.8, 4) is 16.9 Å². The molecule has 3 aromatic carbocycles. The fourth-order valence-corrected chi connectivity index (χ4v) is 3.86. The zero-order chi connectivity index (χ0) is 24.5. The van der Waals surface area contributed by atoms with Gasteiger partial charge >= 0.3 is 0 Å². The molecule has 7 nitrogen and oxygen atoms in total.